The summed E-state index contributed by atoms with van der Waals surface area (Å²) in [5, 5.41) is 0.861. The minimum Gasteiger partial charge on any atom is -0.373 e. The Kier molecular flexibility index (Phi) is 12.2. The summed E-state index contributed by atoms with van der Waals surface area (Å²) in [4.78, 5) is 0.237. The topological polar surface area (TPSA) is 85.2 Å². The summed E-state index contributed by atoms with van der Waals surface area (Å²) >= 11 is 0. The Labute approximate surface area is 310 Å². The molecule has 1 aliphatic rings. The second-order valence-electron chi connectivity index (χ2n) is 14.5. The lowest BCUT2D eigenvalue weighted by molar-refractivity contribution is -0.323. The minimum atomic E-state index is -3.81. The molecule has 1 aliphatic heterocycles. The van der Waals surface area contributed by atoms with Crippen molar-refractivity contribution in [3.05, 3.63) is 138 Å². The van der Waals surface area contributed by atoms with Gasteiger partial charge in [0.25, 0.3) is 10.0 Å². The molecule has 0 aliphatic carbocycles. The summed E-state index contributed by atoms with van der Waals surface area (Å²) in [6, 6.07) is 36.4. The second-order valence-corrected chi connectivity index (χ2v) is 19.0. The molecule has 10 heteroatoms. The molecule has 52 heavy (non-hydrogen) atoms. The van der Waals surface area contributed by atoms with E-state index in [0.717, 1.165) is 22.1 Å². The van der Waals surface area contributed by atoms with Gasteiger partial charge in [0.05, 0.1) is 54.6 Å². The fourth-order valence-corrected chi connectivity index (χ4v) is 9.69. The van der Waals surface area contributed by atoms with Crippen molar-refractivity contribution in [2.24, 2.45) is 0 Å². The SMILES string of the molecule is C[Si](C)[C@]1(OCCc2cn(S(=O)(=O)c3ccccc3)c3ccccc23)O[C@H](COC(C)(C)C)C[C@H](OCc2ccccc2)[C@H]1OCc1ccccc1. The van der Waals surface area contributed by atoms with E-state index >= 15 is 0 Å². The monoisotopic (exact) mass is 740 g/mol. The highest BCUT2D eigenvalue weighted by Crippen LogP contribution is 2.39. The number of fused-ring (bicyclic) bond motifs is 1. The Balaban J connectivity index is 1.32. The molecular weight excluding hydrogens is 691 g/mol. The van der Waals surface area contributed by atoms with Crippen molar-refractivity contribution in [2.75, 3.05) is 13.2 Å². The quantitative estimate of drug-likeness (QED) is 0.100. The highest BCUT2D eigenvalue weighted by molar-refractivity contribution is 7.90. The number of para-hydroxylation sites is 1. The zero-order chi connectivity index (χ0) is 36.8. The smallest absolute Gasteiger partial charge is 0.268 e. The van der Waals surface area contributed by atoms with Crippen molar-refractivity contribution in [1.82, 2.24) is 3.97 Å². The van der Waals surface area contributed by atoms with Crippen LogP contribution in [0.15, 0.2) is 126 Å². The van der Waals surface area contributed by atoms with Gasteiger partial charge in [0.15, 0.2) is 5.41 Å². The fourth-order valence-electron chi connectivity index (χ4n) is 6.64. The normalized spacial score (nSPS) is 21.2. The third-order valence-electron chi connectivity index (χ3n) is 9.28. The van der Waals surface area contributed by atoms with Gasteiger partial charge in [-0.1, -0.05) is 110 Å². The lowest BCUT2D eigenvalue weighted by Crippen LogP contribution is -2.67. The highest BCUT2D eigenvalue weighted by atomic mass is 32.2. The van der Waals surface area contributed by atoms with Crippen molar-refractivity contribution in [3.63, 3.8) is 0 Å². The largest absolute Gasteiger partial charge is 0.373 e. The molecule has 8 nitrogen and oxygen atoms in total. The maximum atomic E-state index is 13.8. The molecule has 6 rings (SSSR count). The molecule has 5 aromatic rings. The number of hydrogen-bond donors (Lipinski definition) is 0. The molecule has 0 N–H and O–H groups in total. The van der Waals surface area contributed by atoms with Crippen LogP contribution >= 0.6 is 0 Å². The predicted octanol–water partition coefficient (Wildman–Crippen LogP) is 8.20. The van der Waals surface area contributed by atoms with Crippen LogP contribution in [0.25, 0.3) is 10.9 Å². The van der Waals surface area contributed by atoms with Crippen molar-refractivity contribution in [1.29, 1.82) is 0 Å². The van der Waals surface area contributed by atoms with Gasteiger partial charge >= 0.3 is 0 Å². The molecule has 0 amide bonds. The Morgan fingerprint density at radius 3 is 2.00 bits per heavy atom. The van der Waals surface area contributed by atoms with E-state index in [9.17, 15) is 8.42 Å². The van der Waals surface area contributed by atoms with Gasteiger partial charge in [0, 0.05) is 18.0 Å². The number of nitrogens with zero attached hydrogens (tertiary/aromatic N) is 1. The first kappa shape index (κ1) is 38.1. The summed E-state index contributed by atoms with van der Waals surface area (Å²) in [6.07, 6.45) is 1.59. The van der Waals surface area contributed by atoms with E-state index < -0.39 is 30.3 Å². The second kappa shape index (κ2) is 16.6. The molecule has 1 saturated heterocycles. The standard InChI is InChI=1S/C42H50NO7SSi/c1-41(2,3)49-31-35-27-39(46-29-32-17-9-6-10-18-32)40(47-30-33-19-11-7-12-20-33)42(50-35,52(4)5)48-26-25-34-28-43(38-24-16-15-23-37(34)38)51(44,45)36-21-13-8-14-22-36/h6-24,28,35,39-40H,25-27,29-31H2,1-5H3/t35-,39-,40+,42+/m0/s1. The van der Waals surface area contributed by atoms with Gasteiger partial charge < -0.3 is 23.7 Å². The van der Waals surface area contributed by atoms with Gasteiger partial charge in [-0.3, -0.25) is 0 Å². The summed E-state index contributed by atoms with van der Waals surface area (Å²) < 4.78 is 62.9. The highest BCUT2D eigenvalue weighted by Gasteiger charge is 2.55. The van der Waals surface area contributed by atoms with E-state index in [0.29, 0.717) is 38.2 Å². The van der Waals surface area contributed by atoms with Crippen LogP contribution in [0.3, 0.4) is 0 Å². The Bertz CT molecular complexity index is 1980. The number of ether oxygens (including phenoxy) is 5. The molecule has 1 radical (unpaired) electrons. The number of aromatic nitrogens is 1. The van der Waals surface area contributed by atoms with E-state index in [1.807, 2.05) is 87.5 Å². The molecule has 4 aromatic carbocycles. The molecule has 275 valence electrons. The Morgan fingerprint density at radius 2 is 1.38 bits per heavy atom. The Morgan fingerprint density at radius 1 is 0.808 bits per heavy atom. The zero-order valence-electron chi connectivity index (χ0n) is 30.7. The zero-order valence-corrected chi connectivity index (χ0v) is 32.6. The first-order valence-electron chi connectivity index (χ1n) is 17.9. The van der Waals surface area contributed by atoms with E-state index in [1.165, 1.54) is 3.97 Å². The van der Waals surface area contributed by atoms with Gasteiger partial charge in [-0.2, -0.15) is 0 Å². The molecule has 1 fully saturated rings. The average Bonchev–Trinajstić information content (AvgIpc) is 3.53. The van der Waals surface area contributed by atoms with Gasteiger partial charge in [0.2, 0.25) is 0 Å². The summed E-state index contributed by atoms with van der Waals surface area (Å²) in [5.74, 6) is 0. The number of hydrogen-bond acceptors (Lipinski definition) is 7. The summed E-state index contributed by atoms with van der Waals surface area (Å²) in [7, 11) is -5.22. The van der Waals surface area contributed by atoms with Crippen LogP contribution < -0.4 is 0 Å². The van der Waals surface area contributed by atoms with Gasteiger partial charge in [-0.05, 0) is 62.1 Å². The van der Waals surface area contributed by atoms with Crippen LogP contribution in [0.5, 0.6) is 0 Å². The van der Waals surface area contributed by atoms with Crippen LogP contribution in [0.4, 0.5) is 0 Å². The summed E-state index contributed by atoms with van der Waals surface area (Å²) in [6.45, 7) is 11.9. The van der Waals surface area contributed by atoms with Gasteiger partial charge in [-0.15, -0.1) is 0 Å². The molecule has 4 atom stereocenters. The Hall–Kier alpha value is -3.61. The van der Waals surface area contributed by atoms with Gasteiger partial charge in [-0.25, -0.2) is 12.4 Å². The molecular formula is C42H50NO7SSi. The van der Waals surface area contributed by atoms with E-state index in [2.05, 4.69) is 37.4 Å². The van der Waals surface area contributed by atoms with Crippen LogP contribution in [-0.4, -0.2) is 63.7 Å². The van der Waals surface area contributed by atoms with Gasteiger partial charge in [0.1, 0.15) is 14.9 Å². The average molecular weight is 741 g/mol. The maximum Gasteiger partial charge on any atom is 0.268 e. The van der Waals surface area contributed by atoms with Crippen LogP contribution in [-0.2, 0) is 53.3 Å². The van der Waals surface area contributed by atoms with Crippen molar-refractivity contribution >= 4 is 29.7 Å². The van der Waals surface area contributed by atoms with E-state index in [-0.39, 0.29) is 29.3 Å². The lowest BCUT2D eigenvalue weighted by atomic mass is 10.0. The van der Waals surface area contributed by atoms with Crippen LogP contribution in [0.1, 0.15) is 43.9 Å². The molecule has 2 heterocycles. The predicted molar refractivity (Wildman–Crippen MR) is 206 cm³/mol. The molecule has 0 bridgehead atoms. The first-order valence-corrected chi connectivity index (χ1v) is 21.9. The fraction of sp³-hybridized carbons (Fsp3) is 0.381. The van der Waals surface area contributed by atoms with E-state index in [4.69, 9.17) is 23.7 Å². The lowest BCUT2D eigenvalue weighted by Gasteiger charge is -2.51. The molecule has 0 spiro atoms. The third-order valence-corrected chi connectivity index (χ3v) is 12.9. The van der Waals surface area contributed by atoms with Crippen molar-refractivity contribution in [3.8, 4) is 0 Å². The summed E-state index contributed by atoms with van der Waals surface area (Å²) in [5.41, 5.74) is 2.16. The van der Waals surface area contributed by atoms with Crippen molar-refractivity contribution < 1.29 is 32.1 Å². The molecule has 0 saturated carbocycles. The molecule has 1 aromatic heterocycles. The number of rotatable bonds is 15. The third kappa shape index (κ3) is 8.94. The van der Waals surface area contributed by atoms with E-state index in [1.54, 1.807) is 30.5 Å². The van der Waals surface area contributed by atoms with Crippen LogP contribution in [0, 0.1) is 0 Å². The maximum absolute atomic E-state index is 13.8. The van der Waals surface area contributed by atoms with Crippen molar-refractivity contribution in [2.45, 2.75) is 94.1 Å². The number of benzene rings is 4. The molecule has 0 unspecified atom stereocenters. The van der Waals surface area contributed by atoms with Crippen LogP contribution in [0.2, 0.25) is 13.1 Å². The first-order chi connectivity index (χ1) is 25.0. The minimum absolute atomic E-state index is 0.237.